The molecule has 5 nitrogen and oxygen atoms in total. The zero-order chi connectivity index (χ0) is 19.9. The normalized spacial score (nSPS) is 19.0. The van der Waals surface area contributed by atoms with E-state index >= 15 is 0 Å². The molecule has 144 valence electrons. The molecule has 1 fully saturated rings. The van der Waals surface area contributed by atoms with Crippen LogP contribution < -0.4 is 10.6 Å². The fourth-order valence-corrected chi connectivity index (χ4v) is 3.54. The molecule has 1 saturated heterocycles. The lowest BCUT2D eigenvalue weighted by Crippen LogP contribution is -2.58. The zero-order valence-electron chi connectivity index (χ0n) is 14.9. The molecule has 0 bridgehead atoms. The van der Waals surface area contributed by atoms with Crippen LogP contribution in [0.25, 0.3) is 11.0 Å². The van der Waals surface area contributed by atoms with Crippen LogP contribution in [0.3, 0.4) is 0 Å². The van der Waals surface area contributed by atoms with E-state index < -0.39 is 17.9 Å². The summed E-state index contributed by atoms with van der Waals surface area (Å²) >= 11 is 0. The number of rotatable bonds is 3. The van der Waals surface area contributed by atoms with Crippen molar-refractivity contribution in [1.82, 2.24) is 9.55 Å². The standard InChI is InChI=1S/C20H18F3N5/c21-15-7-8-16-17(10-15)27(12-14-5-3-13(11-24)4-6-14)19(26-16)28-9-1-2-18(25)20(28,22)23/h3-8,10,18H,1-2,9,12,25H2/t18-/m1/s1. The van der Waals surface area contributed by atoms with Crippen molar-refractivity contribution in [2.45, 2.75) is 31.5 Å². The van der Waals surface area contributed by atoms with Gasteiger partial charge in [0.1, 0.15) is 5.82 Å². The Morgan fingerprint density at radius 3 is 2.68 bits per heavy atom. The van der Waals surface area contributed by atoms with Gasteiger partial charge < -0.3 is 10.3 Å². The SMILES string of the molecule is N#Cc1ccc(Cn2c(N3CCC[C@@H](N)C3(F)F)nc3ccc(F)cc32)cc1. The van der Waals surface area contributed by atoms with Crippen LogP contribution >= 0.6 is 0 Å². The molecule has 3 aromatic rings. The second-order valence-electron chi connectivity index (χ2n) is 6.93. The van der Waals surface area contributed by atoms with Crippen molar-refractivity contribution in [1.29, 1.82) is 5.26 Å². The van der Waals surface area contributed by atoms with E-state index in [1.165, 1.54) is 18.2 Å². The Bertz CT molecular complexity index is 1050. The zero-order valence-corrected chi connectivity index (χ0v) is 14.9. The molecule has 0 aliphatic carbocycles. The Hall–Kier alpha value is -3.05. The number of nitrogens with two attached hydrogens (primary N) is 1. The van der Waals surface area contributed by atoms with Gasteiger partial charge in [0.25, 0.3) is 0 Å². The van der Waals surface area contributed by atoms with Crippen molar-refractivity contribution < 1.29 is 13.2 Å². The van der Waals surface area contributed by atoms with E-state index in [4.69, 9.17) is 11.0 Å². The maximum absolute atomic E-state index is 14.8. The lowest BCUT2D eigenvalue weighted by Gasteiger charge is -2.39. The summed E-state index contributed by atoms with van der Waals surface area (Å²) < 4.78 is 45.1. The molecule has 2 aromatic carbocycles. The van der Waals surface area contributed by atoms with Gasteiger partial charge in [-0.15, -0.1) is 0 Å². The van der Waals surface area contributed by atoms with Crippen LogP contribution in [0.15, 0.2) is 42.5 Å². The second-order valence-corrected chi connectivity index (χ2v) is 6.93. The molecule has 0 radical (unpaired) electrons. The average Bonchev–Trinajstić information content (AvgIpc) is 3.02. The first-order chi connectivity index (χ1) is 13.4. The number of nitriles is 1. The minimum Gasteiger partial charge on any atom is -0.321 e. The van der Waals surface area contributed by atoms with E-state index in [1.807, 2.05) is 6.07 Å². The number of benzene rings is 2. The van der Waals surface area contributed by atoms with Crippen molar-refractivity contribution in [3.05, 3.63) is 59.4 Å². The fraction of sp³-hybridized carbons (Fsp3) is 0.300. The number of fused-ring (bicyclic) bond motifs is 1. The van der Waals surface area contributed by atoms with Crippen molar-refractivity contribution in [3.63, 3.8) is 0 Å². The van der Waals surface area contributed by atoms with E-state index in [9.17, 15) is 13.2 Å². The predicted octanol–water partition coefficient (Wildman–Crippen LogP) is 3.62. The third-order valence-electron chi connectivity index (χ3n) is 5.06. The number of halogens is 3. The Morgan fingerprint density at radius 2 is 1.96 bits per heavy atom. The number of alkyl halides is 2. The van der Waals surface area contributed by atoms with Crippen LogP contribution in [0.1, 0.15) is 24.0 Å². The number of hydrogen-bond acceptors (Lipinski definition) is 4. The molecule has 1 aliphatic heterocycles. The average molecular weight is 385 g/mol. The molecule has 0 saturated carbocycles. The summed E-state index contributed by atoms with van der Waals surface area (Å²) in [5.41, 5.74) is 7.81. The Balaban J connectivity index is 1.84. The van der Waals surface area contributed by atoms with Gasteiger partial charge in [0.05, 0.1) is 35.3 Å². The van der Waals surface area contributed by atoms with Gasteiger partial charge >= 0.3 is 6.05 Å². The van der Waals surface area contributed by atoms with Crippen LogP contribution in [0.4, 0.5) is 19.1 Å². The Morgan fingerprint density at radius 1 is 1.21 bits per heavy atom. The van der Waals surface area contributed by atoms with Gasteiger partial charge in [-0.3, -0.25) is 4.90 Å². The number of hydrogen-bond donors (Lipinski definition) is 1. The molecule has 1 aromatic heterocycles. The molecular formula is C20H18F3N5. The van der Waals surface area contributed by atoms with Crippen LogP contribution in [0.2, 0.25) is 0 Å². The summed E-state index contributed by atoms with van der Waals surface area (Å²) in [4.78, 5) is 5.29. The molecule has 1 atom stereocenters. The molecule has 0 amide bonds. The highest BCUT2D eigenvalue weighted by Gasteiger charge is 2.48. The summed E-state index contributed by atoms with van der Waals surface area (Å²) in [6.45, 7) is 0.322. The topological polar surface area (TPSA) is 70.9 Å². The molecular weight excluding hydrogens is 367 g/mol. The predicted molar refractivity (Wildman–Crippen MR) is 99.5 cm³/mol. The van der Waals surface area contributed by atoms with Crippen LogP contribution in [-0.2, 0) is 6.54 Å². The quantitative estimate of drug-likeness (QED) is 0.699. The molecule has 1 aliphatic rings. The molecule has 2 heterocycles. The van der Waals surface area contributed by atoms with E-state index in [0.717, 1.165) is 10.5 Å². The number of piperidine rings is 1. The smallest absolute Gasteiger partial charge is 0.321 e. The molecule has 0 unspecified atom stereocenters. The van der Waals surface area contributed by atoms with E-state index in [0.29, 0.717) is 23.0 Å². The molecule has 0 spiro atoms. The largest absolute Gasteiger partial charge is 0.342 e. The van der Waals surface area contributed by atoms with Crippen LogP contribution in [0, 0.1) is 17.1 Å². The molecule has 8 heteroatoms. The first-order valence-electron chi connectivity index (χ1n) is 8.96. The summed E-state index contributed by atoms with van der Waals surface area (Å²) in [5.74, 6) is -0.410. The highest BCUT2D eigenvalue weighted by atomic mass is 19.3. The monoisotopic (exact) mass is 385 g/mol. The van der Waals surface area contributed by atoms with Gasteiger partial charge in [0, 0.05) is 6.54 Å². The third-order valence-corrected chi connectivity index (χ3v) is 5.06. The fourth-order valence-electron chi connectivity index (χ4n) is 3.54. The van der Waals surface area contributed by atoms with Gasteiger partial charge in [0.2, 0.25) is 5.95 Å². The van der Waals surface area contributed by atoms with Crippen LogP contribution in [-0.4, -0.2) is 28.2 Å². The first kappa shape index (κ1) is 18.3. The van der Waals surface area contributed by atoms with Crippen molar-refractivity contribution >= 4 is 17.0 Å². The summed E-state index contributed by atoms with van der Waals surface area (Å²) in [7, 11) is 0. The summed E-state index contributed by atoms with van der Waals surface area (Å²) in [5, 5.41) is 8.95. The number of aromatic nitrogens is 2. The van der Waals surface area contributed by atoms with E-state index in [-0.39, 0.29) is 25.5 Å². The maximum Gasteiger partial charge on any atom is 0.342 e. The van der Waals surface area contributed by atoms with Crippen molar-refractivity contribution in [2.24, 2.45) is 5.73 Å². The minimum atomic E-state index is -3.25. The molecule has 4 rings (SSSR count). The van der Waals surface area contributed by atoms with Crippen molar-refractivity contribution in [3.8, 4) is 6.07 Å². The highest BCUT2D eigenvalue weighted by molar-refractivity contribution is 5.79. The third kappa shape index (κ3) is 3.08. The van der Waals surface area contributed by atoms with Crippen molar-refractivity contribution in [2.75, 3.05) is 11.4 Å². The van der Waals surface area contributed by atoms with Crippen LogP contribution in [0.5, 0.6) is 0 Å². The Labute approximate surface area is 159 Å². The lowest BCUT2D eigenvalue weighted by atomic mass is 10.0. The van der Waals surface area contributed by atoms with Gasteiger partial charge in [-0.25, -0.2) is 9.37 Å². The Kier molecular flexibility index (Phi) is 4.47. The summed E-state index contributed by atoms with van der Waals surface area (Å²) in [6, 6.07) is 8.31. The van der Waals surface area contributed by atoms with Gasteiger partial charge in [-0.1, -0.05) is 12.1 Å². The first-order valence-corrected chi connectivity index (χ1v) is 8.96. The second kappa shape index (κ2) is 6.84. The van der Waals surface area contributed by atoms with Gasteiger partial charge in [0.15, 0.2) is 0 Å². The van der Waals surface area contributed by atoms with Gasteiger partial charge in [-0.05, 0) is 48.7 Å². The number of anilines is 1. The number of imidazole rings is 1. The number of nitrogens with zero attached hydrogens (tertiary/aromatic N) is 4. The van der Waals surface area contributed by atoms with E-state index in [1.54, 1.807) is 28.8 Å². The molecule has 2 N–H and O–H groups in total. The lowest BCUT2D eigenvalue weighted by molar-refractivity contribution is -0.0444. The minimum absolute atomic E-state index is 0.0603. The summed E-state index contributed by atoms with van der Waals surface area (Å²) in [6.07, 6.45) is 0.749. The van der Waals surface area contributed by atoms with Gasteiger partial charge in [-0.2, -0.15) is 14.0 Å². The maximum atomic E-state index is 14.8. The van der Waals surface area contributed by atoms with E-state index in [2.05, 4.69) is 4.98 Å². The highest BCUT2D eigenvalue weighted by Crippen LogP contribution is 2.36. The molecule has 28 heavy (non-hydrogen) atoms.